The first-order valence-electron chi connectivity index (χ1n) is 6.73. The first kappa shape index (κ1) is 13.4. The molecule has 1 saturated heterocycles. The Hall–Kier alpha value is -1.02. The zero-order chi connectivity index (χ0) is 13.1. The van der Waals surface area contributed by atoms with Crippen LogP contribution in [0.5, 0.6) is 0 Å². The molecule has 2 nitrogen and oxygen atoms in total. The Bertz CT molecular complexity index is 434. The molecule has 0 saturated carbocycles. The van der Waals surface area contributed by atoms with Crippen LogP contribution in [0.2, 0.25) is 5.02 Å². The van der Waals surface area contributed by atoms with Crippen molar-refractivity contribution >= 4 is 23.0 Å². The van der Waals surface area contributed by atoms with Crippen LogP contribution < -0.4 is 4.90 Å². The van der Waals surface area contributed by atoms with E-state index < -0.39 is 0 Å². The van der Waals surface area contributed by atoms with Crippen LogP contribution in [0.1, 0.15) is 38.7 Å². The molecule has 1 aromatic carbocycles. The van der Waals surface area contributed by atoms with Crippen molar-refractivity contribution in [1.82, 2.24) is 0 Å². The van der Waals surface area contributed by atoms with E-state index in [1.165, 1.54) is 24.9 Å². The molecule has 1 aliphatic rings. The molecule has 0 bridgehead atoms. The van der Waals surface area contributed by atoms with Gasteiger partial charge in [-0.05, 0) is 43.4 Å². The summed E-state index contributed by atoms with van der Waals surface area (Å²) in [7, 11) is 0. The molecule has 18 heavy (non-hydrogen) atoms. The van der Waals surface area contributed by atoms with Crippen LogP contribution in [0.15, 0.2) is 18.2 Å². The van der Waals surface area contributed by atoms with Crippen LogP contribution in [0, 0.1) is 11.3 Å². The molecule has 0 aromatic heterocycles. The minimum Gasteiger partial charge on any atom is -0.371 e. The molecule has 1 aromatic rings. The van der Waals surface area contributed by atoms with Crippen molar-refractivity contribution in [2.75, 3.05) is 18.0 Å². The quantitative estimate of drug-likeness (QED) is 0.807. The third-order valence-corrected chi connectivity index (χ3v) is 3.76. The Morgan fingerprint density at radius 3 is 2.50 bits per heavy atom. The van der Waals surface area contributed by atoms with Gasteiger partial charge in [-0.3, -0.25) is 0 Å². The van der Waals surface area contributed by atoms with Gasteiger partial charge in [0.15, 0.2) is 0 Å². The Morgan fingerprint density at radius 2 is 1.89 bits per heavy atom. The zero-order valence-corrected chi connectivity index (χ0v) is 11.9. The molecule has 0 amide bonds. The minimum absolute atomic E-state index is 0.229. The maximum atomic E-state index is 8.26. The summed E-state index contributed by atoms with van der Waals surface area (Å²) in [6.07, 6.45) is 3.81. The molecule has 1 aliphatic heterocycles. The fourth-order valence-electron chi connectivity index (χ4n) is 2.45. The van der Waals surface area contributed by atoms with Gasteiger partial charge >= 0.3 is 0 Å². The van der Waals surface area contributed by atoms with Crippen molar-refractivity contribution in [3.63, 3.8) is 0 Å². The summed E-state index contributed by atoms with van der Waals surface area (Å²) in [5.74, 6) is 0.229. The highest BCUT2D eigenvalue weighted by molar-refractivity contribution is 6.31. The highest BCUT2D eigenvalue weighted by atomic mass is 35.5. The molecule has 0 unspecified atom stereocenters. The summed E-state index contributed by atoms with van der Waals surface area (Å²) in [5, 5.41) is 8.97. The van der Waals surface area contributed by atoms with Crippen LogP contribution in [-0.4, -0.2) is 18.8 Å². The number of piperidine rings is 1. The summed E-state index contributed by atoms with van der Waals surface area (Å²) in [6.45, 7) is 6.31. The van der Waals surface area contributed by atoms with E-state index >= 15 is 0 Å². The lowest BCUT2D eigenvalue weighted by Crippen LogP contribution is -2.31. The van der Waals surface area contributed by atoms with E-state index in [0.717, 1.165) is 23.7 Å². The predicted molar refractivity (Wildman–Crippen MR) is 79.2 cm³/mol. The Kier molecular flexibility index (Phi) is 4.28. The summed E-state index contributed by atoms with van der Waals surface area (Å²) < 4.78 is 0. The van der Waals surface area contributed by atoms with E-state index in [0.29, 0.717) is 5.71 Å². The van der Waals surface area contributed by atoms with Crippen molar-refractivity contribution in [3.05, 3.63) is 28.8 Å². The average Bonchev–Trinajstić information content (AvgIpc) is 2.38. The minimum atomic E-state index is 0.229. The van der Waals surface area contributed by atoms with E-state index in [4.69, 9.17) is 17.0 Å². The van der Waals surface area contributed by atoms with E-state index in [1.807, 2.05) is 12.1 Å². The van der Waals surface area contributed by atoms with Gasteiger partial charge in [-0.15, -0.1) is 0 Å². The zero-order valence-electron chi connectivity index (χ0n) is 11.2. The van der Waals surface area contributed by atoms with Crippen LogP contribution in [-0.2, 0) is 0 Å². The molecule has 0 radical (unpaired) electrons. The first-order chi connectivity index (χ1) is 8.59. The number of nitrogens with zero attached hydrogens (tertiary/aromatic N) is 1. The standard InChI is InChI=1S/C15H21ClN2/c1-11(2)15(17)13-10-12(16)6-7-14(13)18-8-4-3-5-9-18/h6-7,10-11,17H,3-5,8-9H2,1-2H3. The van der Waals surface area contributed by atoms with E-state index in [9.17, 15) is 0 Å². The van der Waals surface area contributed by atoms with E-state index in [2.05, 4.69) is 24.8 Å². The Labute approximate surface area is 114 Å². The lowest BCUT2D eigenvalue weighted by Gasteiger charge is -2.31. The maximum absolute atomic E-state index is 8.26. The normalized spacial score (nSPS) is 16.1. The molecular formula is C15H21ClN2. The number of halogens is 1. The number of hydrogen-bond acceptors (Lipinski definition) is 2. The van der Waals surface area contributed by atoms with Crippen LogP contribution in [0.3, 0.4) is 0 Å². The average molecular weight is 265 g/mol. The second-order valence-electron chi connectivity index (χ2n) is 5.28. The largest absolute Gasteiger partial charge is 0.371 e. The number of hydrogen-bond donors (Lipinski definition) is 1. The monoisotopic (exact) mass is 264 g/mol. The summed E-state index contributed by atoms with van der Waals surface area (Å²) in [6, 6.07) is 5.94. The third kappa shape index (κ3) is 2.86. The fraction of sp³-hybridized carbons (Fsp3) is 0.533. The van der Waals surface area contributed by atoms with Gasteiger partial charge in [-0.25, -0.2) is 0 Å². The molecule has 98 valence electrons. The predicted octanol–water partition coefficient (Wildman–Crippen LogP) is 4.35. The molecule has 0 atom stereocenters. The van der Waals surface area contributed by atoms with Crippen molar-refractivity contribution in [2.24, 2.45) is 5.92 Å². The second-order valence-corrected chi connectivity index (χ2v) is 5.71. The van der Waals surface area contributed by atoms with Gasteiger partial charge in [0, 0.05) is 35.1 Å². The maximum Gasteiger partial charge on any atom is 0.0459 e. The molecular weight excluding hydrogens is 244 g/mol. The van der Waals surface area contributed by atoms with Gasteiger partial charge in [0.2, 0.25) is 0 Å². The molecule has 1 fully saturated rings. The van der Waals surface area contributed by atoms with Crippen molar-refractivity contribution < 1.29 is 0 Å². The van der Waals surface area contributed by atoms with Gasteiger partial charge in [0.1, 0.15) is 0 Å². The molecule has 0 aliphatic carbocycles. The molecule has 2 rings (SSSR count). The van der Waals surface area contributed by atoms with Gasteiger partial charge in [-0.1, -0.05) is 25.4 Å². The lowest BCUT2D eigenvalue weighted by atomic mass is 9.97. The van der Waals surface area contributed by atoms with Gasteiger partial charge in [0.25, 0.3) is 0 Å². The molecule has 1 N–H and O–H groups in total. The summed E-state index contributed by atoms with van der Waals surface area (Å²) in [5.41, 5.74) is 2.86. The lowest BCUT2D eigenvalue weighted by molar-refractivity contribution is 0.577. The van der Waals surface area contributed by atoms with Crippen LogP contribution in [0.25, 0.3) is 0 Å². The number of rotatable bonds is 3. The van der Waals surface area contributed by atoms with Gasteiger partial charge in [0.05, 0.1) is 0 Å². The Balaban J connectivity index is 2.36. The fourth-order valence-corrected chi connectivity index (χ4v) is 2.62. The van der Waals surface area contributed by atoms with Crippen LogP contribution in [0.4, 0.5) is 5.69 Å². The van der Waals surface area contributed by atoms with Crippen molar-refractivity contribution in [3.8, 4) is 0 Å². The smallest absolute Gasteiger partial charge is 0.0459 e. The van der Waals surface area contributed by atoms with Gasteiger partial charge in [-0.2, -0.15) is 0 Å². The second kappa shape index (κ2) is 5.75. The van der Waals surface area contributed by atoms with Crippen molar-refractivity contribution in [1.29, 1.82) is 5.41 Å². The highest BCUT2D eigenvalue weighted by Gasteiger charge is 2.18. The summed E-state index contributed by atoms with van der Waals surface area (Å²) in [4.78, 5) is 2.39. The summed E-state index contributed by atoms with van der Waals surface area (Å²) >= 11 is 6.09. The highest BCUT2D eigenvalue weighted by Crippen LogP contribution is 2.28. The SMILES string of the molecule is CC(C)C(=N)c1cc(Cl)ccc1N1CCCCC1. The number of nitrogens with one attached hydrogen (secondary N) is 1. The molecule has 3 heteroatoms. The van der Waals surface area contributed by atoms with E-state index in [-0.39, 0.29) is 5.92 Å². The number of anilines is 1. The number of benzene rings is 1. The van der Waals surface area contributed by atoms with Gasteiger partial charge < -0.3 is 10.3 Å². The molecule has 0 spiro atoms. The third-order valence-electron chi connectivity index (χ3n) is 3.52. The Morgan fingerprint density at radius 1 is 1.22 bits per heavy atom. The first-order valence-corrected chi connectivity index (χ1v) is 7.10. The topological polar surface area (TPSA) is 27.1 Å². The van der Waals surface area contributed by atoms with E-state index in [1.54, 1.807) is 0 Å². The molecule has 1 heterocycles. The van der Waals surface area contributed by atoms with Crippen LogP contribution >= 0.6 is 11.6 Å². The van der Waals surface area contributed by atoms with Crippen molar-refractivity contribution in [2.45, 2.75) is 33.1 Å².